The second-order valence-corrected chi connectivity index (χ2v) is 6.23. The Morgan fingerprint density at radius 1 is 1.07 bits per heavy atom. The highest BCUT2D eigenvalue weighted by Crippen LogP contribution is 2.30. The molecule has 0 saturated heterocycles. The van der Waals surface area contributed by atoms with E-state index in [4.69, 9.17) is 0 Å². The lowest BCUT2D eigenvalue weighted by molar-refractivity contribution is -0.167. The van der Waals surface area contributed by atoms with Gasteiger partial charge in [-0.15, -0.1) is 10.2 Å². The molecule has 0 aliphatic heterocycles. The molecule has 29 heavy (non-hydrogen) atoms. The van der Waals surface area contributed by atoms with Gasteiger partial charge in [0.1, 0.15) is 5.69 Å². The van der Waals surface area contributed by atoms with E-state index in [0.29, 0.717) is 16.9 Å². The number of carbonyl (C=O) groups excluding carboxylic acids is 1. The number of para-hydroxylation sites is 1. The highest BCUT2D eigenvalue weighted by molar-refractivity contribution is 5.97. The van der Waals surface area contributed by atoms with Gasteiger partial charge < -0.3 is 5.32 Å². The van der Waals surface area contributed by atoms with Gasteiger partial charge in [0.25, 0.3) is 5.56 Å². The minimum absolute atomic E-state index is 0.00234. The van der Waals surface area contributed by atoms with E-state index in [1.165, 1.54) is 16.8 Å². The van der Waals surface area contributed by atoms with Crippen molar-refractivity contribution >= 4 is 23.0 Å². The molecule has 1 aromatic heterocycles. The molecule has 7 nitrogen and oxygen atoms in total. The number of hydrogen-bond acceptors (Lipinski definition) is 4. The maximum atomic E-state index is 12.6. The minimum Gasteiger partial charge on any atom is -0.316 e. The first-order chi connectivity index (χ1) is 13.7. The standard InChI is InChI=1S/C19H16F3N5O2/c1-11-8-9-14(15(10-11)23-18(29)19(20,21)22)24-25-16-12(2)26-27(17(16)28)13-6-4-3-5-7-13/h3-10,26H,1-2H3,(H,23,29). The zero-order valence-electron chi connectivity index (χ0n) is 15.4. The topological polar surface area (TPSA) is 91.6 Å². The number of carbonyl (C=O) groups is 1. The number of nitrogens with one attached hydrogen (secondary N) is 2. The zero-order chi connectivity index (χ0) is 21.2. The molecule has 2 N–H and O–H groups in total. The van der Waals surface area contributed by atoms with Gasteiger partial charge in [0.15, 0.2) is 5.69 Å². The fourth-order valence-corrected chi connectivity index (χ4v) is 2.55. The second-order valence-electron chi connectivity index (χ2n) is 6.23. The predicted octanol–water partition coefficient (Wildman–Crippen LogP) is 4.70. The van der Waals surface area contributed by atoms with Crippen LogP contribution in [0.3, 0.4) is 0 Å². The van der Waals surface area contributed by atoms with Crippen molar-refractivity contribution in [2.24, 2.45) is 10.2 Å². The number of azo groups is 1. The van der Waals surface area contributed by atoms with E-state index in [0.717, 1.165) is 0 Å². The number of alkyl halides is 3. The second kappa shape index (κ2) is 7.74. The third-order valence-corrected chi connectivity index (χ3v) is 3.97. The maximum absolute atomic E-state index is 12.6. The minimum atomic E-state index is -5.04. The van der Waals surface area contributed by atoms with E-state index >= 15 is 0 Å². The van der Waals surface area contributed by atoms with Crippen molar-refractivity contribution in [2.75, 3.05) is 5.32 Å². The first-order valence-corrected chi connectivity index (χ1v) is 8.44. The maximum Gasteiger partial charge on any atom is 0.471 e. The Balaban J connectivity index is 1.96. The molecule has 0 bridgehead atoms. The summed E-state index contributed by atoms with van der Waals surface area (Å²) in [6.07, 6.45) is -5.04. The molecule has 1 heterocycles. The summed E-state index contributed by atoms with van der Waals surface area (Å²) in [6, 6.07) is 13.1. The van der Waals surface area contributed by atoms with Crippen molar-refractivity contribution in [3.63, 3.8) is 0 Å². The molecule has 0 aliphatic rings. The molecule has 0 atom stereocenters. The van der Waals surface area contributed by atoms with Gasteiger partial charge >= 0.3 is 12.1 Å². The van der Waals surface area contributed by atoms with E-state index in [2.05, 4.69) is 15.3 Å². The van der Waals surface area contributed by atoms with Gasteiger partial charge in [-0.2, -0.15) is 13.2 Å². The van der Waals surface area contributed by atoms with Crippen molar-refractivity contribution in [1.82, 2.24) is 9.78 Å². The Bertz CT molecular complexity index is 1130. The number of aromatic nitrogens is 2. The van der Waals surface area contributed by atoms with E-state index in [1.54, 1.807) is 55.6 Å². The summed E-state index contributed by atoms with van der Waals surface area (Å²) >= 11 is 0. The molecule has 0 aliphatic carbocycles. The highest BCUT2D eigenvalue weighted by Gasteiger charge is 2.39. The summed E-state index contributed by atoms with van der Waals surface area (Å²) < 4.78 is 39.0. The van der Waals surface area contributed by atoms with E-state index in [-0.39, 0.29) is 17.1 Å². The lowest BCUT2D eigenvalue weighted by Crippen LogP contribution is -2.29. The van der Waals surface area contributed by atoms with Gasteiger partial charge in [0, 0.05) is 0 Å². The molecule has 0 radical (unpaired) electrons. The highest BCUT2D eigenvalue weighted by atomic mass is 19.4. The van der Waals surface area contributed by atoms with Crippen molar-refractivity contribution in [2.45, 2.75) is 20.0 Å². The average molecular weight is 403 g/mol. The monoisotopic (exact) mass is 403 g/mol. The smallest absolute Gasteiger partial charge is 0.316 e. The molecule has 3 aromatic rings. The number of amides is 1. The number of halogens is 3. The van der Waals surface area contributed by atoms with E-state index in [1.807, 2.05) is 0 Å². The number of aromatic amines is 1. The number of rotatable bonds is 4. The molecule has 1 amide bonds. The molecule has 2 aromatic carbocycles. The van der Waals surface area contributed by atoms with Crippen molar-refractivity contribution < 1.29 is 18.0 Å². The molecular weight excluding hydrogens is 387 g/mol. The van der Waals surface area contributed by atoms with Crippen LogP contribution in [0.5, 0.6) is 0 Å². The summed E-state index contributed by atoms with van der Waals surface area (Å²) in [4.78, 5) is 23.9. The van der Waals surface area contributed by atoms with Crippen LogP contribution in [0.25, 0.3) is 5.69 Å². The average Bonchev–Trinajstić information content (AvgIpc) is 2.95. The van der Waals surface area contributed by atoms with Gasteiger partial charge in [0.2, 0.25) is 0 Å². The van der Waals surface area contributed by atoms with Crippen LogP contribution < -0.4 is 10.9 Å². The normalized spacial score (nSPS) is 11.8. The number of benzene rings is 2. The first-order valence-electron chi connectivity index (χ1n) is 8.44. The number of anilines is 1. The predicted molar refractivity (Wildman–Crippen MR) is 101 cm³/mol. The number of nitrogens with zero attached hydrogens (tertiary/aromatic N) is 3. The number of aryl methyl sites for hydroxylation is 2. The molecule has 0 fully saturated rings. The summed E-state index contributed by atoms with van der Waals surface area (Å²) in [5, 5.41) is 12.5. The van der Waals surface area contributed by atoms with Crippen molar-refractivity contribution in [1.29, 1.82) is 0 Å². The molecular formula is C19H16F3N5O2. The number of H-pyrrole nitrogens is 1. The quantitative estimate of drug-likeness (QED) is 0.618. The van der Waals surface area contributed by atoms with Crippen LogP contribution >= 0.6 is 0 Å². The summed E-state index contributed by atoms with van der Waals surface area (Å²) in [6.45, 7) is 3.27. The molecule has 0 saturated carbocycles. The molecule has 0 spiro atoms. The lowest BCUT2D eigenvalue weighted by Gasteiger charge is -2.10. The van der Waals surface area contributed by atoms with Crippen molar-refractivity contribution in [3.8, 4) is 5.69 Å². The van der Waals surface area contributed by atoms with Crippen LogP contribution in [0.4, 0.5) is 30.2 Å². The van der Waals surface area contributed by atoms with Crippen LogP contribution in [-0.2, 0) is 4.79 Å². The first kappa shape index (κ1) is 20.1. The Kier molecular flexibility index (Phi) is 5.35. The Hall–Kier alpha value is -3.69. The van der Waals surface area contributed by atoms with Crippen LogP contribution in [0.2, 0.25) is 0 Å². The van der Waals surface area contributed by atoms with Gasteiger partial charge in [-0.25, -0.2) is 4.68 Å². The molecule has 150 valence electrons. The largest absolute Gasteiger partial charge is 0.471 e. The summed E-state index contributed by atoms with van der Waals surface area (Å²) in [5.41, 5.74) is 0.997. The van der Waals surface area contributed by atoms with Crippen LogP contribution in [0.1, 0.15) is 11.3 Å². The van der Waals surface area contributed by atoms with Crippen LogP contribution in [-0.4, -0.2) is 21.9 Å². The molecule has 3 rings (SSSR count). The fourth-order valence-electron chi connectivity index (χ4n) is 2.55. The molecule has 0 unspecified atom stereocenters. The Morgan fingerprint density at radius 3 is 2.41 bits per heavy atom. The van der Waals surface area contributed by atoms with Gasteiger partial charge in [-0.3, -0.25) is 14.7 Å². The van der Waals surface area contributed by atoms with Crippen LogP contribution in [0.15, 0.2) is 63.6 Å². The SMILES string of the molecule is Cc1ccc(N=Nc2c(C)[nH]n(-c3ccccc3)c2=O)c(NC(=O)C(F)(F)F)c1. The number of hydrogen-bond donors (Lipinski definition) is 2. The Morgan fingerprint density at radius 2 is 1.76 bits per heavy atom. The van der Waals surface area contributed by atoms with Gasteiger partial charge in [0.05, 0.1) is 17.1 Å². The van der Waals surface area contributed by atoms with Crippen LogP contribution in [0, 0.1) is 13.8 Å². The fraction of sp³-hybridized carbons (Fsp3) is 0.158. The third-order valence-electron chi connectivity index (χ3n) is 3.97. The third kappa shape index (κ3) is 4.42. The van der Waals surface area contributed by atoms with Gasteiger partial charge in [-0.05, 0) is 43.7 Å². The lowest BCUT2D eigenvalue weighted by atomic mass is 10.2. The summed E-state index contributed by atoms with van der Waals surface area (Å²) in [7, 11) is 0. The van der Waals surface area contributed by atoms with E-state index in [9.17, 15) is 22.8 Å². The Labute approximate surface area is 162 Å². The van der Waals surface area contributed by atoms with Crippen molar-refractivity contribution in [3.05, 3.63) is 70.1 Å². The summed E-state index contributed by atoms with van der Waals surface area (Å²) in [5.74, 6) is -2.12. The molecule has 10 heteroatoms. The zero-order valence-corrected chi connectivity index (χ0v) is 15.4. The van der Waals surface area contributed by atoms with E-state index < -0.39 is 17.6 Å². The van der Waals surface area contributed by atoms with Gasteiger partial charge in [-0.1, -0.05) is 24.3 Å².